The summed E-state index contributed by atoms with van der Waals surface area (Å²) in [5.41, 5.74) is -0.0522. The molecule has 0 spiro atoms. The van der Waals surface area contributed by atoms with Crippen molar-refractivity contribution in [3.05, 3.63) is 52.3 Å². The van der Waals surface area contributed by atoms with Crippen LogP contribution in [-0.2, 0) is 10.9 Å². The monoisotopic (exact) mass is 451 g/mol. The van der Waals surface area contributed by atoms with Crippen molar-refractivity contribution in [2.45, 2.75) is 45.8 Å². The molecule has 1 aromatic carbocycles. The third-order valence-corrected chi connectivity index (χ3v) is 5.23. The maximum atomic E-state index is 13.3. The first-order valence-corrected chi connectivity index (χ1v) is 10.2. The zero-order valence-electron chi connectivity index (χ0n) is 17.9. The fourth-order valence-corrected chi connectivity index (χ4v) is 3.59. The standard InChI is InChI=1S/C22H24F3N3O4/c1-4-32-20(30)19-12(2)18(13(3)26-19)17(29)11-28(14-9-10-14)21(31)27-16-8-6-5-7-15(16)22(23,24)25/h5-8,14,26H,4,9-11H2,1-3H3,(H,27,31). The van der Waals surface area contributed by atoms with Gasteiger partial charge in [0.05, 0.1) is 24.4 Å². The van der Waals surface area contributed by atoms with Crippen LogP contribution in [0.2, 0.25) is 0 Å². The van der Waals surface area contributed by atoms with Crippen LogP contribution in [0.3, 0.4) is 0 Å². The van der Waals surface area contributed by atoms with Gasteiger partial charge < -0.3 is 19.9 Å². The number of para-hydroxylation sites is 1. The molecule has 2 N–H and O–H groups in total. The average molecular weight is 451 g/mol. The molecule has 2 amide bonds. The van der Waals surface area contributed by atoms with E-state index in [0.29, 0.717) is 24.1 Å². The Morgan fingerprint density at radius 2 is 1.84 bits per heavy atom. The van der Waals surface area contributed by atoms with Gasteiger partial charge in [0.1, 0.15) is 5.69 Å². The van der Waals surface area contributed by atoms with E-state index >= 15 is 0 Å². The number of halogens is 3. The molecule has 1 fully saturated rings. The zero-order chi connectivity index (χ0) is 23.6. The summed E-state index contributed by atoms with van der Waals surface area (Å²) in [6.45, 7) is 4.74. The highest BCUT2D eigenvalue weighted by Crippen LogP contribution is 2.35. The summed E-state index contributed by atoms with van der Waals surface area (Å²) in [6, 6.07) is 3.65. The third-order valence-electron chi connectivity index (χ3n) is 5.23. The Bertz CT molecular complexity index is 1040. The number of ketones is 1. The minimum atomic E-state index is -4.63. The number of hydrogen-bond donors (Lipinski definition) is 2. The van der Waals surface area contributed by atoms with Gasteiger partial charge in [-0.1, -0.05) is 12.1 Å². The number of H-pyrrole nitrogens is 1. The fourth-order valence-electron chi connectivity index (χ4n) is 3.59. The molecule has 0 atom stereocenters. The van der Waals surface area contributed by atoms with Gasteiger partial charge in [0.2, 0.25) is 0 Å². The van der Waals surface area contributed by atoms with Gasteiger partial charge in [-0.25, -0.2) is 9.59 Å². The number of nitrogens with zero attached hydrogens (tertiary/aromatic N) is 1. The van der Waals surface area contributed by atoms with E-state index in [9.17, 15) is 27.6 Å². The summed E-state index contributed by atoms with van der Waals surface area (Å²) < 4.78 is 44.7. The molecule has 172 valence electrons. The van der Waals surface area contributed by atoms with E-state index in [-0.39, 0.29) is 36.1 Å². The number of carbonyl (C=O) groups excluding carboxylic acids is 3. The van der Waals surface area contributed by atoms with Gasteiger partial charge in [-0.3, -0.25) is 4.79 Å². The van der Waals surface area contributed by atoms with E-state index in [1.165, 1.54) is 23.1 Å². The van der Waals surface area contributed by atoms with E-state index in [1.807, 2.05) is 0 Å². The summed E-state index contributed by atoms with van der Waals surface area (Å²) in [7, 11) is 0. The van der Waals surface area contributed by atoms with Crippen molar-refractivity contribution in [1.82, 2.24) is 9.88 Å². The third kappa shape index (κ3) is 4.95. The topological polar surface area (TPSA) is 91.5 Å². The first-order chi connectivity index (χ1) is 15.0. The van der Waals surface area contributed by atoms with Crippen molar-refractivity contribution in [1.29, 1.82) is 0 Å². The van der Waals surface area contributed by atoms with Crippen LogP contribution in [0.4, 0.5) is 23.7 Å². The number of anilines is 1. The number of urea groups is 1. The Hall–Kier alpha value is -3.30. The fraction of sp³-hybridized carbons (Fsp3) is 0.409. The van der Waals surface area contributed by atoms with Crippen molar-refractivity contribution < 1.29 is 32.3 Å². The van der Waals surface area contributed by atoms with Crippen LogP contribution in [-0.4, -0.2) is 46.9 Å². The molecular weight excluding hydrogens is 427 g/mol. The van der Waals surface area contributed by atoms with Gasteiger partial charge in [-0.2, -0.15) is 13.2 Å². The number of hydrogen-bond acceptors (Lipinski definition) is 4. The second kappa shape index (κ2) is 9.05. The number of alkyl halides is 3. The minimum absolute atomic E-state index is 0.161. The number of carbonyl (C=O) groups is 3. The number of nitrogens with one attached hydrogen (secondary N) is 2. The van der Waals surface area contributed by atoms with Crippen molar-refractivity contribution >= 4 is 23.5 Å². The van der Waals surface area contributed by atoms with E-state index < -0.39 is 29.5 Å². The summed E-state index contributed by atoms with van der Waals surface area (Å²) in [4.78, 5) is 42.0. The molecular formula is C22H24F3N3O4. The molecule has 10 heteroatoms. The Morgan fingerprint density at radius 1 is 1.19 bits per heavy atom. The molecule has 1 heterocycles. The molecule has 0 saturated heterocycles. The lowest BCUT2D eigenvalue weighted by Gasteiger charge is -2.23. The number of esters is 1. The van der Waals surface area contributed by atoms with Crippen LogP contribution in [0.25, 0.3) is 0 Å². The molecule has 0 bridgehead atoms. The number of aryl methyl sites for hydroxylation is 1. The normalized spacial score (nSPS) is 13.6. The van der Waals surface area contributed by atoms with Crippen LogP contribution < -0.4 is 5.32 Å². The first kappa shape index (κ1) is 23.4. The number of aromatic nitrogens is 1. The van der Waals surface area contributed by atoms with Crippen LogP contribution in [0.5, 0.6) is 0 Å². The van der Waals surface area contributed by atoms with E-state index in [0.717, 1.165) is 6.07 Å². The number of aromatic amines is 1. The summed E-state index contributed by atoms with van der Waals surface area (Å²) in [6.07, 6.45) is -3.32. The molecule has 0 radical (unpaired) electrons. The maximum absolute atomic E-state index is 13.3. The highest BCUT2D eigenvalue weighted by atomic mass is 19.4. The molecule has 1 saturated carbocycles. The smallest absolute Gasteiger partial charge is 0.418 e. The van der Waals surface area contributed by atoms with Crippen LogP contribution in [0.15, 0.2) is 24.3 Å². The average Bonchev–Trinajstić information content (AvgIpc) is 3.50. The Labute approximate surface area is 182 Å². The largest absolute Gasteiger partial charge is 0.461 e. The minimum Gasteiger partial charge on any atom is -0.461 e. The molecule has 32 heavy (non-hydrogen) atoms. The van der Waals surface area contributed by atoms with Crippen LogP contribution in [0.1, 0.15) is 57.4 Å². The summed E-state index contributed by atoms with van der Waals surface area (Å²) >= 11 is 0. The molecule has 1 aliphatic carbocycles. The molecule has 1 aromatic heterocycles. The highest BCUT2D eigenvalue weighted by molar-refractivity contribution is 6.05. The highest BCUT2D eigenvalue weighted by Gasteiger charge is 2.37. The number of benzene rings is 1. The lowest BCUT2D eigenvalue weighted by Crippen LogP contribution is -2.41. The first-order valence-electron chi connectivity index (χ1n) is 10.2. The Balaban J connectivity index is 1.81. The summed E-state index contributed by atoms with van der Waals surface area (Å²) in [5, 5.41) is 2.30. The van der Waals surface area contributed by atoms with E-state index in [4.69, 9.17) is 4.74 Å². The second-order valence-corrected chi connectivity index (χ2v) is 7.60. The predicted molar refractivity (Wildman–Crippen MR) is 111 cm³/mol. The van der Waals surface area contributed by atoms with Crippen molar-refractivity contribution in [2.75, 3.05) is 18.5 Å². The number of ether oxygens (including phenoxy) is 1. The van der Waals surface area contributed by atoms with Gasteiger partial charge in [-0.15, -0.1) is 0 Å². The molecule has 7 nitrogen and oxygen atoms in total. The lowest BCUT2D eigenvalue weighted by molar-refractivity contribution is -0.136. The van der Waals surface area contributed by atoms with Gasteiger partial charge in [-0.05, 0) is 51.3 Å². The Morgan fingerprint density at radius 3 is 2.44 bits per heavy atom. The SMILES string of the molecule is CCOC(=O)c1[nH]c(C)c(C(=O)CN(C(=O)Nc2ccccc2C(F)(F)F)C2CC2)c1C. The quantitative estimate of drug-likeness (QED) is 0.471. The summed E-state index contributed by atoms with van der Waals surface area (Å²) in [5.74, 6) is -1.01. The molecule has 1 aliphatic rings. The van der Waals surface area contributed by atoms with Gasteiger partial charge in [0.15, 0.2) is 5.78 Å². The number of rotatable bonds is 7. The van der Waals surface area contributed by atoms with Gasteiger partial charge in [0, 0.05) is 17.3 Å². The van der Waals surface area contributed by atoms with Crippen molar-refractivity contribution in [3.8, 4) is 0 Å². The second-order valence-electron chi connectivity index (χ2n) is 7.60. The van der Waals surface area contributed by atoms with Crippen LogP contribution >= 0.6 is 0 Å². The van der Waals surface area contributed by atoms with E-state index in [2.05, 4.69) is 10.3 Å². The molecule has 0 unspecified atom stereocenters. The van der Waals surface area contributed by atoms with Gasteiger partial charge >= 0.3 is 18.2 Å². The molecule has 2 aromatic rings. The maximum Gasteiger partial charge on any atom is 0.418 e. The van der Waals surface area contributed by atoms with Crippen LogP contribution in [0, 0.1) is 13.8 Å². The molecule has 0 aliphatic heterocycles. The van der Waals surface area contributed by atoms with Crippen molar-refractivity contribution in [3.63, 3.8) is 0 Å². The zero-order valence-corrected chi connectivity index (χ0v) is 17.9. The predicted octanol–water partition coefficient (Wildman–Crippen LogP) is 4.71. The van der Waals surface area contributed by atoms with E-state index in [1.54, 1.807) is 20.8 Å². The number of amides is 2. The Kier molecular flexibility index (Phi) is 6.61. The lowest BCUT2D eigenvalue weighted by atomic mass is 10.1. The van der Waals surface area contributed by atoms with Gasteiger partial charge in [0.25, 0.3) is 0 Å². The van der Waals surface area contributed by atoms with Crippen molar-refractivity contribution in [2.24, 2.45) is 0 Å². The number of Topliss-reactive ketones (excluding diaryl/α,β-unsaturated/α-hetero) is 1. The molecule has 3 rings (SSSR count).